The molecule has 0 saturated heterocycles. The molecule has 2 aromatic carbocycles. The number of nitrogens with one attached hydrogen (secondary N) is 1. The van der Waals surface area contributed by atoms with E-state index in [1.807, 2.05) is 13.8 Å². The van der Waals surface area contributed by atoms with E-state index in [1.165, 1.54) is 7.11 Å². The second kappa shape index (κ2) is 8.51. The van der Waals surface area contributed by atoms with Gasteiger partial charge in [-0.15, -0.1) is 0 Å². The highest BCUT2D eigenvalue weighted by atomic mass is 16.5. The first-order valence-corrected chi connectivity index (χ1v) is 9.64. The van der Waals surface area contributed by atoms with Crippen molar-refractivity contribution in [1.82, 2.24) is 10.3 Å². The molecule has 1 aromatic heterocycles. The maximum Gasteiger partial charge on any atom is 0.339 e. The van der Waals surface area contributed by atoms with E-state index in [0.717, 1.165) is 0 Å². The summed E-state index contributed by atoms with van der Waals surface area (Å²) in [4.78, 5) is 28.6. The third-order valence-corrected chi connectivity index (χ3v) is 4.78. The van der Waals surface area contributed by atoms with Gasteiger partial charge in [0.2, 0.25) is 0 Å². The number of ether oxygens (including phenoxy) is 2. The van der Waals surface area contributed by atoms with Crippen LogP contribution in [0, 0.1) is 6.92 Å². The molecule has 1 amide bonds. The number of hydrogen-bond acceptors (Lipinski definition) is 6. The molecule has 3 rings (SSSR count). The first kappa shape index (κ1) is 21.9. The fourth-order valence-corrected chi connectivity index (χ4v) is 3.27. The minimum atomic E-state index is -1.15. The van der Waals surface area contributed by atoms with Gasteiger partial charge in [-0.3, -0.25) is 9.78 Å². The fraction of sp³-hybridized carbons (Fsp3) is 0.261. The molecule has 8 nitrogen and oxygen atoms in total. The normalized spacial score (nSPS) is 11.2. The highest BCUT2D eigenvalue weighted by Gasteiger charge is 2.24. The summed E-state index contributed by atoms with van der Waals surface area (Å²) in [5, 5.41) is 12.8. The fourth-order valence-electron chi connectivity index (χ4n) is 3.27. The quantitative estimate of drug-likeness (QED) is 0.532. The van der Waals surface area contributed by atoms with Gasteiger partial charge in [-0.25, -0.2) is 4.79 Å². The Morgan fingerprint density at radius 3 is 2.58 bits per heavy atom. The lowest BCUT2D eigenvalue weighted by Crippen LogP contribution is -2.47. The predicted octanol–water partition coefficient (Wildman–Crippen LogP) is 3.42. The minimum absolute atomic E-state index is 0.0471. The lowest BCUT2D eigenvalue weighted by Gasteiger charge is -2.27. The molecule has 8 heteroatoms. The number of nitrogens with zero attached hydrogens (tertiary/aromatic N) is 1. The van der Waals surface area contributed by atoms with Crippen molar-refractivity contribution >= 4 is 28.5 Å². The molecule has 0 bridgehead atoms. The number of aryl methyl sites for hydroxylation is 1. The number of hydrogen-bond donors (Lipinski definition) is 3. The predicted molar refractivity (Wildman–Crippen MR) is 118 cm³/mol. The Balaban J connectivity index is 1.83. The summed E-state index contributed by atoms with van der Waals surface area (Å²) in [6.45, 7) is 5.37. The zero-order valence-corrected chi connectivity index (χ0v) is 17.9. The number of methoxy groups -OCH3 is 1. The van der Waals surface area contributed by atoms with E-state index < -0.39 is 11.5 Å². The molecule has 0 aliphatic carbocycles. The van der Waals surface area contributed by atoms with Gasteiger partial charge in [0.05, 0.1) is 34.9 Å². The Labute approximate surface area is 180 Å². The van der Waals surface area contributed by atoms with Crippen molar-refractivity contribution in [3.8, 4) is 11.5 Å². The SMILES string of the molecule is COc1cccc(C(=O)NC(C)(C)COc2cccc3nc(C)c(C(=O)O)c(N)c23)c1. The van der Waals surface area contributed by atoms with Gasteiger partial charge in [-0.1, -0.05) is 12.1 Å². The molecule has 0 fully saturated rings. The van der Waals surface area contributed by atoms with Crippen LogP contribution in [0.4, 0.5) is 5.69 Å². The summed E-state index contributed by atoms with van der Waals surface area (Å²) in [6.07, 6.45) is 0. The second-order valence-electron chi connectivity index (χ2n) is 7.80. The van der Waals surface area contributed by atoms with E-state index in [9.17, 15) is 14.7 Å². The van der Waals surface area contributed by atoms with Crippen LogP contribution >= 0.6 is 0 Å². The van der Waals surface area contributed by atoms with E-state index in [1.54, 1.807) is 49.4 Å². The number of pyridine rings is 1. The molecule has 0 radical (unpaired) electrons. The maximum absolute atomic E-state index is 12.6. The maximum atomic E-state index is 12.6. The number of aromatic nitrogens is 1. The molecule has 4 N–H and O–H groups in total. The van der Waals surface area contributed by atoms with Gasteiger partial charge in [0.1, 0.15) is 23.7 Å². The van der Waals surface area contributed by atoms with Gasteiger partial charge in [-0.2, -0.15) is 0 Å². The Kier molecular flexibility index (Phi) is 6.01. The van der Waals surface area contributed by atoms with Crippen LogP contribution in [0.3, 0.4) is 0 Å². The number of carbonyl (C=O) groups is 2. The number of carbonyl (C=O) groups excluding carboxylic acids is 1. The molecule has 0 aliphatic rings. The van der Waals surface area contributed by atoms with Crippen molar-refractivity contribution in [3.05, 3.63) is 59.3 Å². The van der Waals surface area contributed by atoms with Gasteiger partial charge in [-0.05, 0) is 51.1 Å². The average Bonchev–Trinajstić information content (AvgIpc) is 2.71. The third-order valence-electron chi connectivity index (χ3n) is 4.78. The Morgan fingerprint density at radius 1 is 1.19 bits per heavy atom. The number of nitrogens with two attached hydrogens (primary N) is 1. The highest BCUT2D eigenvalue weighted by Crippen LogP contribution is 2.33. The number of benzene rings is 2. The minimum Gasteiger partial charge on any atom is -0.497 e. The molecule has 162 valence electrons. The van der Waals surface area contributed by atoms with Crippen molar-refractivity contribution in [2.45, 2.75) is 26.3 Å². The van der Waals surface area contributed by atoms with Gasteiger partial charge < -0.3 is 25.6 Å². The number of carboxylic acids is 1. The lowest BCUT2D eigenvalue weighted by atomic mass is 10.0. The van der Waals surface area contributed by atoms with Crippen molar-refractivity contribution in [2.75, 3.05) is 19.5 Å². The van der Waals surface area contributed by atoms with Crippen LogP contribution in [0.2, 0.25) is 0 Å². The largest absolute Gasteiger partial charge is 0.497 e. The van der Waals surface area contributed by atoms with Gasteiger partial charge in [0.25, 0.3) is 5.91 Å². The number of rotatable bonds is 7. The van der Waals surface area contributed by atoms with Crippen molar-refractivity contribution in [1.29, 1.82) is 0 Å². The van der Waals surface area contributed by atoms with Crippen LogP contribution in [0.15, 0.2) is 42.5 Å². The van der Waals surface area contributed by atoms with Gasteiger partial charge >= 0.3 is 5.97 Å². The third kappa shape index (κ3) is 4.69. The zero-order chi connectivity index (χ0) is 22.8. The van der Waals surface area contributed by atoms with E-state index >= 15 is 0 Å². The summed E-state index contributed by atoms with van der Waals surface area (Å²) < 4.78 is 11.1. The molecular formula is C23H25N3O5. The molecule has 0 saturated carbocycles. The standard InChI is InChI=1S/C23H25N3O5/c1-13-18(22(28)29)20(24)19-16(25-13)9-6-10-17(19)31-12-23(2,3)26-21(27)14-7-5-8-15(11-14)30-4/h5-11H,12H2,1-4H3,(H2,24,25)(H,26,27)(H,28,29). The molecule has 0 unspecified atom stereocenters. The number of aromatic carboxylic acids is 1. The van der Waals surface area contributed by atoms with Crippen LogP contribution in [-0.4, -0.2) is 41.2 Å². The lowest BCUT2D eigenvalue weighted by molar-refractivity contribution is 0.0696. The Bertz CT molecular complexity index is 1160. The summed E-state index contributed by atoms with van der Waals surface area (Å²) >= 11 is 0. The molecule has 0 spiro atoms. The van der Waals surface area contributed by atoms with Crippen molar-refractivity contribution in [3.63, 3.8) is 0 Å². The number of fused-ring (bicyclic) bond motifs is 1. The average molecular weight is 423 g/mol. The summed E-state index contributed by atoms with van der Waals surface area (Å²) in [5.74, 6) is -0.431. The summed E-state index contributed by atoms with van der Waals surface area (Å²) in [7, 11) is 1.54. The summed E-state index contributed by atoms with van der Waals surface area (Å²) in [5.41, 5.74) is 6.82. The topological polar surface area (TPSA) is 124 Å². The second-order valence-corrected chi connectivity index (χ2v) is 7.80. The van der Waals surface area contributed by atoms with Crippen LogP contribution in [0.5, 0.6) is 11.5 Å². The van der Waals surface area contributed by atoms with E-state index in [0.29, 0.717) is 33.7 Å². The zero-order valence-electron chi connectivity index (χ0n) is 17.9. The smallest absolute Gasteiger partial charge is 0.339 e. The number of nitrogen functional groups attached to an aromatic ring is 1. The number of carboxylic acid groups (broad SMARTS) is 1. The Morgan fingerprint density at radius 2 is 1.90 bits per heavy atom. The number of amides is 1. The van der Waals surface area contributed by atoms with Gasteiger partial charge in [0.15, 0.2) is 0 Å². The number of anilines is 1. The first-order valence-electron chi connectivity index (χ1n) is 9.64. The Hall–Kier alpha value is -3.81. The van der Waals surface area contributed by atoms with Crippen LogP contribution in [-0.2, 0) is 0 Å². The van der Waals surface area contributed by atoms with Crippen LogP contribution < -0.4 is 20.5 Å². The highest BCUT2D eigenvalue weighted by molar-refractivity contribution is 6.06. The first-order chi connectivity index (χ1) is 14.6. The summed E-state index contributed by atoms with van der Waals surface area (Å²) in [6, 6.07) is 12.0. The van der Waals surface area contributed by atoms with Crippen LogP contribution in [0.25, 0.3) is 10.9 Å². The molecule has 1 heterocycles. The molecule has 3 aromatic rings. The van der Waals surface area contributed by atoms with E-state index in [4.69, 9.17) is 15.2 Å². The molecular weight excluding hydrogens is 398 g/mol. The van der Waals surface area contributed by atoms with E-state index in [2.05, 4.69) is 10.3 Å². The van der Waals surface area contributed by atoms with Crippen LogP contribution in [0.1, 0.15) is 40.3 Å². The van der Waals surface area contributed by atoms with E-state index in [-0.39, 0.29) is 23.8 Å². The molecule has 0 aliphatic heterocycles. The van der Waals surface area contributed by atoms with Gasteiger partial charge in [0, 0.05) is 5.56 Å². The van der Waals surface area contributed by atoms with Crippen molar-refractivity contribution < 1.29 is 24.2 Å². The molecule has 31 heavy (non-hydrogen) atoms. The molecule has 0 atom stereocenters. The van der Waals surface area contributed by atoms with Crippen molar-refractivity contribution in [2.24, 2.45) is 0 Å². The monoisotopic (exact) mass is 423 g/mol.